The highest BCUT2D eigenvalue weighted by Crippen LogP contribution is 2.23. The van der Waals surface area contributed by atoms with Crippen molar-refractivity contribution < 1.29 is 0 Å². The topological polar surface area (TPSA) is 24.9 Å². The van der Waals surface area contributed by atoms with Crippen molar-refractivity contribution in [1.82, 2.24) is 4.98 Å². The Morgan fingerprint density at radius 3 is 2.72 bits per heavy atom. The normalized spacial score (nSPS) is 12.2. The van der Waals surface area contributed by atoms with Gasteiger partial charge in [-0.1, -0.05) is 48.9 Å². The molecule has 2 rings (SSSR count). The number of rotatable bonds is 4. The molecule has 1 N–H and O–H groups in total. The van der Waals surface area contributed by atoms with E-state index in [0.29, 0.717) is 11.1 Å². The number of nitrogens with one attached hydrogen (secondary N) is 1. The third kappa shape index (κ3) is 3.47. The maximum Gasteiger partial charge on any atom is 0.143 e. The fourth-order valence-corrected chi connectivity index (χ4v) is 2.14. The van der Waals surface area contributed by atoms with Crippen LogP contribution in [-0.4, -0.2) is 11.5 Å². The van der Waals surface area contributed by atoms with E-state index in [1.807, 2.05) is 12.1 Å². The van der Waals surface area contributed by atoms with Crippen LogP contribution >= 0.6 is 27.5 Å². The van der Waals surface area contributed by atoms with Gasteiger partial charge >= 0.3 is 0 Å². The van der Waals surface area contributed by atoms with Gasteiger partial charge in [0, 0.05) is 6.54 Å². The van der Waals surface area contributed by atoms with Gasteiger partial charge in [-0.15, -0.1) is 0 Å². The lowest BCUT2D eigenvalue weighted by Crippen LogP contribution is -2.09. The smallest absolute Gasteiger partial charge is 0.143 e. The van der Waals surface area contributed by atoms with Gasteiger partial charge in [-0.3, -0.25) is 0 Å². The number of aromatic nitrogens is 1. The summed E-state index contributed by atoms with van der Waals surface area (Å²) in [5, 5.41) is 3.84. The fraction of sp³-hybridized carbons (Fsp3) is 0.214. The Morgan fingerprint density at radius 1 is 1.33 bits per heavy atom. The van der Waals surface area contributed by atoms with Crippen LogP contribution in [0.3, 0.4) is 0 Å². The van der Waals surface area contributed by atoms with Gasteiger partial charge in [-0.05, 0) is 33.5 Å². The minimum atomic E-state index is 0.445. The molecule has 0 aliphatic rings. The summed E-state index contributed by atoms with van der Waals surface area (Å²) in [6.45, 7) is 3.06. The van der Waals surface area contributed by atoms with Crippen LogP contribution in [0, 0.1) is 0 Å². The lowest BCUT2D eigenvalue weighted by molar-refractivity contribution is 0.804. The van der Waals surface area contributed by atoms with Crippen molar-refractivity contribution in [2.24, 2.45) is 0 Å². The second-order valence-electron chi connectivity index (χ2n) is 4.19. The molecule has 2 nitrogen and oxygen atoms in total. The van der Waals surface area contributed by atoms with Gasteiger partial charge < -0.3 is 5.32 Å². The average molecular weight is 326 g/mol. The summed E-state index contributed by atoms with van der Waals surface area (Å²) in [7, 11) is 0. The van der Waals surface area contributed by atoms with Gasteiger partial charge in [-0.2, -0.15) is 0 Å². The second-order valence-corrected chi connectivity index (χ2v) is 5.40. The first-order valence-corrected chi connectivity index (χ1v) is 6.94. The maximum atomic E-state index is 5.85. The molecule has 1 aromatic heterocycles. The quantitative estimate of drug-likeness (QED) is 0.823. The highest BCUT2D eigenvalue weighted by molar-refractivity contribution is 9.10. The van der Waals surface area contributed by atoms with Crippen LogP contribution in [-0.2, 0) is 0 Å². The van der Waals surface area contributed by atoms with Crippen LogP contribution in [0.4, 0.5) is 5.69 Å². The van der Waals surface area contributed by atoms with Gasteiger partial charge in [0.1, 0.15) is 5.15 Å². The van der Waals surface area contributed by atoms with E-state index >= 15 is 0 Å². The predicted octanol–water partition coefficient (Wildman–Crippen LogP) is 4.71. The van der Waals surface area contributed by atoms with E-state index in [1.165, 1.54) is 5.56 Å². The molecule has 0 bridgehead atoms. The average Bonchev–Trinajstić information content (AvgIpc) is 2.41. The van der Waals surface area contributed by atoms with Gasteiger partial charge in [-0.25, -0.2) is 4.98 Å². The van der Waals surface area contributed by atoms with E-state index in [9.17, 15) is 0 Å². The van der Waals surface area contributed by atoms with Crippen molar-refractivity contribution in [2.75, 3.05) is 11.9 Å². The molecule has 4 heteroatoms. The molecule has 1 heterocycles. The third-order valence-electron chi connectivity index (χ3n) is 2.78. The molecule has 0 fully saturated rings. The van der Waals surface area contributed by atoms with E-state index < -0.39 is 0 Å². The Kier molecular flexibility index (Phi) is 4.61. The van der Waals surface area contributed by atoms with E-state index in [1.54, 1.807) is 6.20 Å². The standard InChI is InChI=1S/C14H14BrClN2/c1-10(11-5-3-2-4-6-11)8-17-12-7-13(15)14(16)18-9-12/h2-7,9-10,17H,8H2,1H3. The van der Waals surface area contributed by atoms with E-state index in [0.717, 1.165) is 16.7 Å². The van der Waals surface area contributed by atoms with Crippen molar-refractivity contribution in [3.05, 3.63) is 57.8 Å². The molecule has 94 valence electrons. The van der Waals surface area contributed by atoms with Crippen molar-refractivity contribution in [2.45, 2.75) is 12.8 Å². The van der Waals surface area contributed by atoms with Gasteiger partial charge in [0.25, 0.3) is 0 Å². The van der Waals surface area contributed by atoms with E-state index in [4.69, 9.17) is 11.6 Å². The first-order valence-electron chi connectivity index (χ1n) is 5.76. The van der Waals surface area contributed by atoms with Crippen LogP contribution in [0.1, 0.15) is 18.4 Å². The van der Waals surface area contributed by atoms with Crippen LogP contribution in [0.2, 0.25) is 5.15 Å². The van der Waals surface area contributed by atoms with E-state index in [2.05, 4.69) is 57.4 Å². The zero-order valence-electron chi connectivity index (χ0n) is 10.0. The van der Waals surface area contributed by atoms with E-state index in [-0.39, 0.29) is 0 Å². The number of nitrogens with zero attached hydrogens (tertiary/aromatic N) is 1. The molecule has 0 spiro atoms. The van der Waals surface area contributed by atoms with Gasteiger partial charge in [0.15, 0.2) is 0 Å². The second kappa shape index (κ2) is 6.21. The summed E-state index contributed by atoms with van der Waals surface area (Å²) in [6, 6.07) is 12.4. The molecule has 0 aliphatic carbocycles. The van der Waals surface area contributed by atoms with Crippen LogP contribution in [0.15, 0.2) is 47.1 Å². The molecule has 18 heavy (non-hydrogen) atoms. The van der Waals surface area contributed by atoms with Crippen molar-refractivity contribution in [3.63, 3.8) is 0 Å². The molecule has 0 saturated heterocycles. The maximum absolute atomic E-state index is 5.85. The van der Waals surface area contributed by atoms with Crippen molar-refractivity contribution >= 4 is 33.2 Å². The molecule has 1 aromatic carbocycles. The molecule has 0 saturated carbocycles. The number of pyridine rings is 1. The highest BCUT2D eigenvalue weighted by atomic mass is 79.9. The Labute approximate surface area is 121 Å². The largest absolute Gasteiger partial charge is 0.383 e. The molecule has 2 aromatic rings. The number of hydrogen-bond donors (Lipinski definition) is 1. The van der Waals surface area contributed by atoms with Gasteiger partial charge in [0.05, 0.1) is 16.4 Å². The number of benzene rings is 1. The lowest BCUT2D eigenvalue weighted by atomic mass is 10.0. The molecular weight excluding hydrogens is 312 g/mol. The first kappa shape index (κ1) is 13.4. The summed E-state index contributed by atoms with van der Waals surface area (Å²) < 4.78 is 0.807. The summed E-state index contributed by atoms with van der Waals surface area (Å²) in [5.74, 6) is 0.445. The predicted molar refractivity (Wildman–Crippen MR) is 80.3 cm³/mol. The first-order chi connectivity index (χ1) is 8.66. The summed E-state index contributed by atoms with van der Waals surface area (Å²) >= 11 is 9.22. The Balaban J connectivity index is 1.97. The Bertz CT molecular complexity index is 516. The van der Waals surface area contributed by atoms with Crippen LogP contribution < -0.4 is 5.32 Å². The van der Waals surface area contributed by atoms with Crippen LogP contribution in [0.25, 0.3) is 0 Å². The molecule has 1 unspecified atom stereocenters. The number of anilines is 1. The highest BCUT2D eigenvalue weighted by Gasteiger charge is 2.05. The van der Waals surface area contributed by atoms with Gasteiger partial charge in [0.2, 0.25) is 0 Å². The Hall–Kier alpha value is -1.06. The summed E-state index contributed by atoms with van der Waals surface area (Å²) in [6.07, 6.45) is 1.74. The summed E-state index contributed by atoms with van der Waals surface area (Å²) in [4.78, 5) is 4.09. The number of halogens is 2. The minimum Gasteiger partial charge on any atom is -0.383 e. The molecule has 0 amide bonds. The minimum absolute atomic E-state index is 0.445. The molecule has 0 aliphatic heterocycles. The zero-order valence-corrected chi connectivity index (χ0v) is 12.4. The van der Waals surface area contributed by atoms with Crippen LogP contribution in [0.5, 0.6) is 0 Å². The molecule has 1 atom stereocenters. The number of hydrogen-bond acceptors (Lipinski definition) is 2. The SMILES string of the molecule is CC(CNc1cnc(Cl)c(Br)c1)c1ccccc1. The zero-order chi connectivity index (χ0) is 13.0. The monoisotopic (exact) mass is 324 g/mol. The fourth-order valence-electron chi connectivity index (χ4n) is 1.69. The van der Waals surface area contributed by atoms with Crippen molar-refractivity contribution in [1.29, 1.82) is 0 Å². The molecular formula is C14H14BrClN2. The van der Waals surface area contributed by atoms with Crippen molar-refractivity contribution in [3.8, 4) is 0 Å². The third-order valence-corrected chi connectivity index (χ3v) is 3.91. The summed E-state index contributed by atoms with van der Waals surface area (Å²) in [5.41, 5.74) is 2.29. The lowest BCUT2D eigenvalue weighted by Gasteiger charge is -2.14. The Morgan fingerprint density at radius 2 is 2.06 bits per heavy atom. The molecule has 0 radical (unpaired) electrons.